The van der Waals surface area contributed by atoms with E-state index in [4.69, 9.17) is 5.11 Å². The van der Waals surface area contributed by atoms with E-state index in [1.807, 2.05) is 0 Å². The lowest BCUT2D eigenvalue weighted by Gasteiger charge is -2.05. The van der Waals surface area contributed by atoms with Gasteiger partial charge in [0.1, 0.15) is 12.2 Å². The molecule has 68 valence electrons. The predicted octanol–water partition coefficient (Wildman–Crippen LogP) is -0.263. The van der Waals surface area contributed by atoms with Crippen LogP contribution in [0.5, 0.6) is 0 Å². The molecule has 0 fully saturated rings. The molecule has 0 saturated carbocycles. The summed E-state index contributed by atoms with van der Waals surface area (Å²) in [6, 6.07) is 0. The van der Waals surface area contributed by atoms with Gasteiger partial charge in [-0.2, -0.15) is 0 Å². The Hall–Kier alpha value is -1.52. The molecule has 0 heterocycles. The van der Waals surface area contributed by atoms with Crippen molar-refractivity contribution in [3.05, 3.63) is 12.3 Å². The zero-order chi connectivity index (χ0) is 9.56. The summed E-state index contributed by atoms with van der Waals surface area (Å²) in [5.74, 6) is -1.68. The Bertz CT molecular complexity index is 200. The van der Waals surface area contributed by atoms with Gasteiger partial charge in [0.2, 0.25) is 0 Å². The maximum absolute atomic E-state index is 10.8. The van der Waals surface area contributed by atoms with Crippen LogP contribution in [0.3, 0.4) is 0 Å². The monoisotopic (exact) mass is 173 g/mol. The lowest BCUT2D eigenvalue weighted by Crippen LogP contribution is -2.26. The molecule has 0 unspecified atom stereocenters. The van der Waals surface area contributed by atoms with Crippen LogP contribution in [0.4, 0.5) is 0 Å². The molecule has 0 atom stereocenters. The topological polar surface area (TPSA) is 75.6 Å². The van der Waals surface area contributed by atoms with Gasteiger partial charge in [-0.05, 0) is 6.92 Å². The second-order valence-corrected chi connectivity index (χ2v) is 1.95. The average Bonchev–Trinajstić information content (AvgIpc) is 2.00. The molecule has 0 spiro atoms. The number of carbonyl (C=O) groups is 2. The minimum Gasteiger partial charge on any atom is -0.480 e. The summed E-state index contributed by atoms with van der Waals surface area (Å²) in [4.78, 5) is 20.8. The van der Waals surface area contributed by atoms with E-state index in [0.717, 1.165) is 0 Å². The Morgan fingerprint density at radius 2 is 2.17 bits per heavy atom. The highest BCUT2D eigenvalue weighted by molar-refractivity contribution is 5.87. The Balaban J connectivity index is 3.72. The molecule has 0 aromatic heterocycles. The fourth-order valence-electron chi connectivity index (χ4n) is 0.473. The highest BCUT2D eigenvalue weighted by Crippen LogP contribution is 1.88. The maximum atomic E-state index is 10.8. The Morgan fingerprint density at radius 3 is 2.58 bits per heavy atom. The first-order valence-corrected chi connectivity index (χ1v) is 3.39. The minimum atomic E-state index is -1.06. The molecule has 5 nitrogen and oxygen atoms in total. The number of hydrogen-bond donors (Lipinski definition) is 2. The molecule has 0 amide bonds. The third kappa shape index (κ3) is 4.32. The van der Waals surface area contributed by atoms with E-state index in [1.165, 1.54) is 0 Å². The number of hydrogen-bond acceptors (Lipinski definition) is 4. The van der Waals surface area contributed by atoms with E-state index >= 15 is 0 Å². The highest BCUT2D eigenvalue weighted by Gasteiger charge is 2.07. The smallest absolute Gasteiger partial charge is 0.353 e. The van der Waals surface area contributed by atoms with Crippen LogP contribution in [-0.4, -0.2) is 30.2 Å². The summed E-state index contributed by atoms with van der Waals surface area (Å²) in [5.41, 5.74) is -0.0424. The summed E-state index contributed by atoms with van der Waals surface area (Å²) in [6.07, 6.45) is 0. The molecule has 0 aliphatic carbocycles. The van der Waals surface area contributed by atoms with Crippen LogP contribution in [0.1, 0.15) is 6.92 Å². The first-order valence-electron chi connectivity index (χ1n) is 3.39. The number of carboxylic acid groups (broad SMARTS) is 1. The van der Waals surface area contributed by atoms with Crippen LogP contribution in [0.2, 0.25) is 0 Å². The number of aliphatic carboxylic acids is 1. The van der Waals surface area contributed by atoms with Gasteiger partial charge in [0, 0.05) is 0 Å². The normalized spacial score (nSPS) is 8.75. The van der Waals surface area contributed by atoms with Crippen LogP contribution >= 0.6 is 0 Å². The van der Waals surface area contributed by atoms with Crippen molar-refractivity contribution < 1.29 is 19.4 Å². The van der Waals surface area contributed by atoms with E-state index in [0.29, 0.717) is 0 Å². The van der Waals surface area contributed by atoms with Crippen LogP contribution in [0.15, 0.2) is 12.3 Å². The van der Waals surface area contributed by atoms with Crippen LogP contribution in [0, 0.1) is 0 Å². The third-order valence-corrected chi connectivity index (χ3v) is 0.975. The van der Waals surface area contributed by atoms with Gasteiger partial charge in [-0.15, -0.1) is 0 Å². The molecule has 5 heteroatoms. The summed E-state index contributed by atoms with van der Waals surface area (Å²) in [5, 5.41) is 10.5. The summed E-state index contributed by atoms with van der Waals surface area (Å²) in [7, 11) is 0. The lowest BCUT2D eigenvalue weighted by atomic mass is 10.5. The van der Waals surface area contributed by atoms with Crippen molar-refractivity contribution in [3.63, 3.8) is 0 Å². The molecule has 0 aromatic rings. The average molecular weight is 173 g/mol. The zero-order valence-electron chi connectivity index (χ0n) is 6.79. The number of rotatable bonds is 5. The van der Waals surface area contributed by atoms with Crippen molar-refractivity contribution in [1.82, 2.24) is 5.32 Å². The summed E-state index contributed by atoms with van der Waals surface area (Å²) in [6.45, 7) is 4.86. The molecule has 12 heavy (non-hydrogen) atoms. The Morgan fingerprint density at radius 1 is 1.58 bits per heavy atom. The second kappa shape index (κ2) is 5.17. The minimum absolute atomic E-state index is 0.0424. The predicted molar refractivity (Wildman–Crippen MR) is 41.4 cm³/mol. The van der Waals surface area contributed by atoms with Gasteiger partial charge in [0.15, 0.2) is 0 Å². The van der Waals surface area contributed by atoms with Crippen LogP contribution in [0.25, 0.3) is 0 Å². The number of esters is 1. The van der Waals surface area contributed by atoms with Gasteiger partial charge in [0.25, 0.3) is 0 Å². The molecule has 0 aromatic carbocycles. The Kier molecular flexibility index (Phi) is 4.52. The standard InChI is InChI=1S/C7H11NO4/c1-3-12-7(11)5(2)8-4-6(9)10/h8H,2-4H2,1H3,(H,9,10). The fraction of sp³-hybridized carbons (Fsp3) is 0.429. The Labute approximate surface area is 70.0 Å². The molecular formula is C7H11NO4. The fourth-order valence-corrected chi connectivity index (χ4v) is 0.473. The number of ether oxygens (including phenoxy) is 1. The third-order valence-electron chi connectivity index (χ3n) is 0.975. The van der Waals surface area contributed by atoms with Crippen molar-refractivity contribution >= 4 is 11.9 Å². The molecule has 0 radical (unpaired) electrons. The molecule has 0 aliphatic rings. The SMILES string of the molecule is C=C(NCC(=O)O)C(=O)OCC. The maximum Gasteiger partial charge on any atom is 0.353 e. The molecular weight excluding hydrogens is 162 g/mol. The number of carbonyl (C=O) groups excluding carboxylic acids is 1. The van der Waals surface area contributed by atoms with Gasteiger partial charge < -0.3 is 15.2 Å². The quantitative estimate of drug-likeness (QED) is 0.442. The summed E-state index contributed by atoms with van der Waals surface area (Å²) >= 11 is 0. The van der Waals surface area contributed by atoms with E-state index in [1.54, 1.807) is 6.92 Å². The van der Waals surface area contributed by atoms with Crippen molar-refractivity contribution in [3.8, 4) is 0 Å². The van der Waals surface area contributed by atoms with Gasteiger partial charge in [-0.3, -0.25) is 4.79 Å². The van der Waals surface area contributed by atoms with Crippen molar-refractivity contribution in [1.29, 1.82) is 0 Å². The number of carboxylic acids is 1. The van der Waals surface area contributed by atoms with Crippen molar-refractivity contribution in [2.24, 2.45) is 0 Å². The second-order valence-electron chi connectivity index (χ2n) is 1.95. The van der Waals surface area contributed by atoms with Crippen molar-refractivity contribution in [2.45, 2.75) is 6.92 Å². The van der Waals surface area contributed by atoms with E-state index in [2.05, 4.69) is 16.6 Å². The molecule has 0 saturated heterocycles. The van der Waals surface area contributed by atoms with E-state index in [9.17, 15) is 9.59 Å². The molecule has 2 N–H and O–H groups in total. The largest absolute Gasteiger partial charge is 0.480 e. The first kappa shape index (κ1) is 10.5. The lowest BCUT2D eigenvalue weighted by molar-refractivity contribution is -0.139. The molecule has 0 bridgehead atoms. The van der Waals surface area contributed by atoms with E-state index < -0.39 is 11.9 Å². The van der Waals surface area contributed by atoms with Crippen molar-refractivity contribution in [2.75, 3.05) is 13.2 Å². The van der Waals surface area contributed by atoms with Gasteiger partial charge in [0.05, 0.1) is 6.61 Å². The summed E-state index contributed by atoms with van der Waals surface area (Å²) < 4.78 is 4.54. The van der Waals surface area contributed by atoms with E-state index in [-0.39, 0.29) is 18.8 Å². The highest BCUT2D eigenvalue weighted by atomic mass is 16.5. The zero-order valence-corrected chi connectivity index (χ0v) is 6.79. The van der Waals surface area contributed by atoms with Gasteiger partial charge >= 0.3 is 11.9 Å². The first-order chi connectivity index (χ1) is 5.57. The molecule has 0 rings (SSSR count). The van der Waals surface area contributed by atoms with Gasteiger partial charge in [-0.1, -0.05) is 6.58 Å². The number of nitrogens with one attached hydrogen (secondary N) is 1. The van der Waals surface area contributed by atoms with Crippen LogP contribution < -0.4 is 5.32 Å². The molecule has 0 aliphatic heterocycles. The van der Waals surface area contributed by atoms with Gasteiger partial charge in [-0.25, -0.2) is 4.79 Å². The van der Waals surface area contributed by atoms with Crippen LogP contribution in [-0.2, 0) is 14.3 Å².